The standard InChI is InChI=1S/C30H25BrN2O2/c1-32-14-13-30(34)26-18-23(16-20-9-5-6-10-24(20)26)35-29-25(28(30)19-7-3-2-4-8-19)17-21-15-22(31)11-12-27(21)33-29/h2-12,15-18,28,32,34H,13-14H2,1H3/t28-,30-/m1/s1. The number of pyridine rings is 1. The van der Waals surface area contributed by atoms with Crippen LogP contribution < -0.4 is 10.1 Å². The minimum atomic E-state index is -1.21. The van der Waals surface area contributed by atoms with E-state index in [4.69, 9.17) is 9.72 Å². The minimum Gasteiger partial charge on any atom is -0.439 e. The van der Waals surface area contributed by atoms with Gasteiger partial charge < -0.3 is 15.2 Å². The van der Waals surface area contributed by atoms with Crippen LogP contribution >= 0.6 is 15.9 Å². The van der Waals surface area contributed by atoms with Gasteiger partial charge in [-0.2, -0.15) is 0 Å². The van der Waals surface area contributed by atoms with E-state index >= 15 is 0 Å². The Labute approximate surface area is 212 Å². The lowest BCUT2D eigenvalue weighted by atomic mass is 9.70. The van der Waals surface area contributed by atoms with Gasteiger partial charge in [0.15, 0.2) is 0 Å². The van der Waals surface area contributed by atoms with Gasteiger partial charge in [0.2, 0.25) is 5.88 Å². The van der Waals surface area contributed by atoms with Crippen molar-refractivity contribution in [1.29, 1.82) is 0 Å². The van der Waals surface area contributed by atoms with Gasteiger partial charge in [-0.15, -0.1) is 0 Å². The van der Waals surface area contributed by atoms with Crippen molar-refractivity contribution >= 4 is 37.6 Å². The Hall–Kier alpha value is -3.25. The molecule has 2 N–H and O–H groups in total. The number of nitrogens with zero attached hydrogens (tertiary/aromatic N) is 1. The zero-order valence-corrected chi connectivity index (χ0v) is 20.9. The molecule has 0 saturated heterocycles. The van der Waals surface area contributed by atoms with E-state index in [2.05, 4.69) is 57.6 Å². The van der Waals surface area contributed by atoms with Crippen molar-refractivity contribution in [3.63, 3.8) is 0 Å². The number of benzene rings is 4. The number of nitrogens with one attached hydrogen (secondary N) is 1. The molecule has 0 spiro atoms. The molecule has 2 heterocycles. The average molecular weight is 525 g/mol. The molecule has 1 aromatic heterocycles. The highest BCUT2D eigenvalue weighted by Crippen LogP contribution is 2.51. The lowest BCUT2D eigenvalue weighted by Gasteiger charge is -2.40. The summed E-state index contributed by atoms with van der Waals surface area (Å²) in [4.78, 5) is 4.94. The van der Waals surface area contributed by atoms with Crippen molar-refractivity contribution in [2.24, 2.45) is 0 Å². The summed E-state index contributed by atoms with van der Waals surface area (Å²) in [5.41, 5.74) is 2.40. The Morgan fingerprint density at radius 3 is 2.57 bits per heavy atom. The van der Waals surface area contributed by atoms with Crippen LogP contribution in [0.15, 0.2) is 95.5 Å². The maximum Gasteiger partial charge on any atom is 0.223 e. The van der Waals surface area contributed by atoms with Crippen molar-refractivity contribution in [2.45, 2.75) is 17.9 Å². The van der Waals surface area contributed by atoms with E-state index < -0.39 is 5.60 Å². The molecule has 0 aliphatic carbocycles. The number of halogens is 1. The first-order valence-electron chi connectivity index (χ1n) is 11.8. The number of fused-ring (bicyclic) bond motifs is 6. The SMILES string of the molecule is CNCC[C@@]1(O)c2cc(cc3ccccc23)Oc2nc3ccc(Br)cc3cc2[C@H]1c1ccccc1. The maximum absolute atomic E-state index is 12.8. The summed E-state index contributed by atoms with van der Waals surface area (Å²) in [5.74, 6) is 0.817. The van der Waals surface area contributed by atoms with Crippen molar-refractivity contribution in [3.05, 3.63) is 112 Å². The second-order valence-corrected chi connectivity index (χ2v) is 10.1. The molecule has 0 unspecified atom stereocenters. The van der Waals surface area contributed by atoms with Crippen LogP contribution in [0.1, 0.15) is 29.0 Å². The second-order valence-electron chi connectivity index (χ2n) is 9.14. The van der Waals surface area contributed by atoms with Crippen molar-refractivity contribution in [2.75, 3.05) is 13.6 Å². The number of aromatic nitrogens is 1. The van der Waals surface area contributed by atoms with Crippen LogP contribution in [0.3, 0.4) is 0 Å². The number of ether oxygens (including phenoxy) is 1. The summed E-state index contributed by atoms with van der Waals surface area (Å²) in [6.45, 7) is 0.654. The quantitative estimate of drug-likeness (QED) is 0.269. The van der Waals surface area contributed by atoms with Crippen LogP contribution in [-0.2, 0) is 5.60 Å². The lowest BCUT2D eigenvalue weighted by Crippen LogP contribution is -2.38. The van der Waals surface area contributed by atoms with E-state index in [0.29, 0.717) is 24.6 Å². The van der Waals surface area contributed by atoms with Crippen molar-refractivity contribution in [1.82, 2.24) is 10.3 Å². The van der Waals surface area contributed by atoms with E-state index in [0.717, 1.165) is 42.8 Å². The highest BCUT2D eigenvalue weighted by molar-refractivity contribution is 9.10. The molecule has 174 valence electrons. The molecule has 5 heteroatoms. The molecule has 4 nitrogen and oxygen atoms in total. The molecule has 1 aliphatic heterocycles. The zero-order chi connectivity index (χ0) is 24.0. The van der Waals surface area contributed by atoms with Crippen LogP contribution in [0.2, 0.25) is 0 Å². The van der Waals surface area contributed by atoms with Gasteiger partial charge in [0.1, 0.15) is 11.4 Å². The molecular weight excluding hydrogens is 500 g/mol. The Balaban J connectivity index is 1.73. The van der Waals surface area contributed by atoms with Gasteiger partial charge in [-0.25, -0.2) is 4.98 Å². The van der Waals surface area contributed by atoms with Crippen molar-refractivity contribution < 1.29 is 9.84 Å². The van der Waals surface area contributed by atoms with Crippen molar-refractivity contribution in [3.8, 4) is 11.6 Å². The zero-order valence-electron chi connectivity index (χ0n) is 19.3. The Kier molecular flexibility index (Phi) is 5.56. The fourth-order valence-electron chi connectivity index (χ4n) is 5.35. The van der Waals surface area contributed by atoms with Gasteiger partial charge in [0, 0.05) is 21.3 Å². The third-order valence-corrected chi connectivity index (χ3v) is 7.46. The minimum absolute atomic E-state index is 0.387. The van der Waals surface area contributed by atoms with Gasteiger partial charge >= 0.3 is 0 Å². The van der Waals surface area contributed by atoms with Crippen LogP contribution in [0.5, 0.6) is 11.6 Å². The summed E-state index contributed by atoms with van der Waals surface area (Å²) in [7, 11) is 1.92. The Morgan fingerprint density at radius 1 is 0.943 bits per heavy atom. The molecule has 0 fully saturated rings. The van der Waals surface area contributed by atoms with Gasteiger partial charge in [-0.3, -0.25) is 0 Å². The third-order valence-electron chi connectivity index (χ3n) is 6.96. The fourth-order valence-corrected chi connectivity index (χ4v) is 5.73. The largest absolute Gasteiger partial charge is 0.439 e. The first-order valence-corrected chi connectivity index (χ1v) is 12.6. The summed E-state index contributed by atoms with van der Waals surface area (Å²) in [6.07, 6.45) is 0.520. The predicted octanol–water partition coefficient (Wildman–Crippen LogP) is 6.89. The van der Waals surface area contributed by atoms with Crippen LogP contribution in [0.25, 0.3) is 21.7 Å². The van der Waals surface area contributed by atoms with Gasteiger partial charge in [-0.1, -0.05) is 70.5 Å². The van der Waals surface area contributed by atoms with E-state index in [1.165, 1.54) is 0 Å². The number of aliphatic hydroxyl groups is 1. The number of rotatable bonds is 4. The molecule has 2 atom stereocenters. The van der Waals surface area contributed by atoms with Gasteiger partial charge in [-0.05, 0) is 78.3 Å². The fraction of sp³-hybridized carbons (Fsp3) is 0.167. The van der Waals surface area contributed by atoms with Crippen LogP contribution in [-0.4, -0.2) is 23.7 Å². The second kappa shape index (κ2) is 8.76. The van der Waals surface area contributed by atoms with E-state index in [-0.39, 0.29) is 5.92 Å². The molecular formula is C30H25BrN2O2. The highest BCUT2D eigenvalue weighted by Gasteiger charge is 2.44. The smallest absolute Gasteiger partial charge is 0.223 e. The van der Waals surface area contributed by atoms with Crippen LogP contribution in [0.4, 0.5) is 0 Å². The molecule has 2 bridgehead atoms. The number of hydrogen-bond donors (Lipinski definition) is 2. The number of hydrogen-bond acceptors (Lipinski definition) is 4. The first kappa shape index (κ1) is 22.2. The molecule has 1 aliphatic rings. The van der Waals surface area contributed by atoms with Crippen LogP contribution in [0, 0.1) is 0 Å². The predicted molar refractivity (Wildman–Crippen MR) is 144 cm³/mol. The van der Waals surface area contributed by atoms with E-state index in [9.17, 15) is 5.11 Å². The summed E-state index contributed by atoms with van der Waals surface area (Å²) in [6, 6.07) is 30.6. The average Bonchev–Trinajstić information content (AvgIpc) is 2.87. The van der Waals surface area contributed by atoms with Gasteiger partial charge in [0.05, 0.1) is 5.52 Å². The normalized spacial score (nSPS) is 19.1. The molecule has 4 aromatic carbocycles. The lowest BCUT2D eigenvalue weighted by molar-refractivity contribution is 0.0110. The van der Waals surface area contributed by atoms with E-state index in [1.54, 1.807) is 0 Å². The maximum atomic E-state index is 12.8. The Morgan fingerprint density at radius 2 is 1.74 bits per heavy atom. The van der Waals surface area contributed by atoms with E-state index in [1.807, 2.05) is 61.6 Å². The molecule has 5 aromatic rings. The molecule has 6 rings (SSSR count). The molecule has 0 saturated carbocycles. The monoisotopic (exact) mass is 524 g/mol. The first-order chi connectivity index (χ1) is 17.1. The third kappa shape index (κ3) is 3.80. The summed E-state index contributed by atoms with van der Waals surface area (Å²) in [5, 5.41) is 19.1. The summed E-state index contributed by atoms with van der Waals surface area (Å²) >= 11 is 3.60. The van der Waals surface area contributed by atoms with Gasteiger partial charge in [0.25, 0.3) is 0 Å². The Bertz CT molecular complexity index is 1550. The molecule has 35 heavy (non-hydrogen) atoms. The molecule has 0 radical (unpaired) electrons. The summed E-state index contributed by atoms with van der Waals surface area (Å²) < 4.78 is 7.47. The topological polar surface area (TPSA) is 54.4 Å². The molecule has 0 amide bonds. The highest BCUT2D eigenvalue weighted by atomic mass is 79.9.